The van der Waals surface area contributed by atoms with Crippen LogP contribution in [-0.2, 0) is 4.79 Å². The minimum atomic E-state index is -0.411. The number of pyridine rings is 1. The molecule has 8 heteroatoms. The summed E-state index contributed by atoms with van der Waals surface area (Å²) in [6, 6.07) is 16.8. The summed E-state index contributed by atoms with van der Waals surface area (Å²) in [7, 11) is 0. The molecule has 5 nitrogen and oxygen atoms in total. The molecule has 0 bridgehead atoms. The molecular formula is C19H14Cl2N4OS. The zero-order chi connectivity index (χ0) is 19.0. The number of fused-ring (bicyclic) bond motifs is 3. The second kappa shape index (κ2) is 7.38. The lowest BCUT2D eigenvalue weighted by Crippen LogP contribution is -2.22. The van der Waals surface area contributed by atoms with E-state index in [1.54, 1.807) is 18.2 Å². The lowest BCUT2D eigenvalue weighted by molar-refractivity contribution is -0.115. The van der Waals surface area contributed by atoms with Crippen LogP contribution in [0.2, 0.25) is 10.0 Å². The summed E-state index contributed by atoms with van der Waals surface area (Å²) in [6.45, 7) is 1.81. The number of nitrogens with one attached hydrogen (secondary N) is 1. The molecule has 136 valence electrons. The molecular weight excluding hydrogens is 403 g/mol. The first-order chi connectivity index (χ1) is 13.0. The van der Waals surface area contributed by atoms with Gasteiger partial charge in [-0.05, 0) is 48.7 Å². The van der Waals surface area contributed by atoms with Gasteiger partial charge in [0.1, 0.15) is 0 Å². The number of anilines is 1. The first kappa shape index (κ1) is 18.1. The smallest absolute Gasteiger partial charge is 0.237 e. The maximum absolute atomic E-state index is 12.6. The quantitative estimate of drug-likeness (QED) is 0.458. The van der Waals surface area contributed by atoms with Crippen LogP contribution in [0.25, 0.3) is 16.6 Å². The first-order valence-electron chi connectivity index (χ1n) is 8.18. The van der Waals surface area contributed by atoms with Crippen molar-refractivity contribution in [2.24, 2.45) is 0 Å². The number of carbonyl (C=O) groups excluding carboxylic acids is 1. The van der Waals surface area contributed by atoms with Crippen LogP contribution in [0.3, 0.4) is 0 Å². The molecule has 4 rings (SSSR count). The third kappa shape index (κ3) is 3.60. The molecule has 1 N–H and O–H groups in total. The van der Waals surface area contributed by atoms with Gasteiger partial charge in [-0.15, -0.1) is 10.2 Å². The number of thioether (sulfide) groups is 1. The predicted octanol–water partition coefficient (Wildman–Crippen LogP) is 5.31. The van der Waals surface area contributed by atoms with Crippen molar-refractivity contribution in [2.45, 2.75) is 17.3 Å². The largest absolute Gasteiger partial charge is 0.324 e. The summed E-state index contributed by atoms with van der Waals surface area (Å²) >= 11 is 13.4. The summed E-state index contributed by atoms with van der Waals surface area (Å²) < 4.78 is 1.95. The molecule has 0 aliphatic carbocycles. The number of nitrogens with zero attached hydrogens (tertiary/aromatic N) is 3. The molecule has 0 spiro atoms. The average molecular weight is 417 g/mol. The van der Waals surface area contributed by atoms with Gasteiger partial charge in [0.2, 0.25) is 5.91 Å². The summed E-state index contributed by atoms with van der Waals surface area (Å²) in [6.07, 6.45) is 0. The first-order valence-corrected chi connectivity index (χ1v) is 9.82. The van der Waals surface area contributed by atoms with Gasteiger partial charge in [0, 0.05) is 5.02 Å². The van der Waals surface area contributed by atoms with Gasteiger partial charge in [0.25, 0.3) is 0 Å². The highest BCUT2D eigenvalue weighted by Gasteiger charge is 2.20. The van der Waals surface area contributed by atoms with Crippen LogP contribution in [0.15, 0.2) is 59.8 Å². The third-order valence-corrected chi connectivity index (χ3v) is 5.69. The molecule has 2 heterocycles. The van der Waals surface area contributed by atoms with E-state index in [9.17, 15) is 4.79 Å². The van der Waals surface area contributed by atoms with E-state index in [-0.39, 0.29) is 5.91 Å². The van der Waals surface area contributed by atoms with Gasteiger partial charge in [-0.25, -0.2) is 0 Å². The number of amides is 1. The van der Waals surface area contributed by atoms with Gasteiger partial charge < -0.3 is 5.32 Å². The van der Waals surface area contributed by atoms with E-state index >= 15 is 0 Å². The van der Waals surface area contributed by atoms with Crippen LogP contribution in [0.4, 0.5) is 5.69 Å². The Labute approximate surface area is 169 Å². The Morgan fingerprint density at radius 1 is 1.11 bits per heavy atom. The Bertz CT molecular complexity index is 1160. The highest BCUT2D eigenvalue weighted by molar-refractivity contribution is 8.00. The molecule has 0 saturated heterocycles. The van der Waals surface area contributed by atoms with Crippen LogP contribution >= 0.6 is 35.0 Å². The Hall–Kier alpha value is -2.28. The van der Waals surface area contributed by atoms with E-state index in [0.29, 0.717) is 20.9 Å². The van der Waals surface area contributed by atoms with E-state index in [1.165, 1.54) is 11.8 Å². The van der Waals surface area contributed by atoms with E-state index < -0.39 is 5.25 Å². The molecule has 1 amide bonds. The Morgan fingerprint density at radius 2 is 1.93 bits per heavy atom. The minimum absolute atomic E-state index is 0.193. The zero-order valence-corrected chi connectivity index (χ0v) is 16.5. The standard InChI is InChI=1S/C19H14Cl2N4OS/c1-11(18(26)22-15-10-13(20)7-8-14(15)21)27-19-24-23-17-9-6-12-4-2-3-5-16(12)25(17)19/h2-11H,1H3,(H,22,26)/t11-/m0/s1. The molecule has 0 aliphatic heterocycles. The molecule has 1 atom stereocenters. The maximum Gasteiger partial charge on any atom is 0.237 e. The van der Waals surface area contributed by atoms with Crippen molar-refractivity contribution in [1.82, 2.24) is 14.6 Å². The van der Waals surface area contributed by atoms with Crippen molar-refractivity contribution >= 4 is 63.1 Å². The second-order valence-corrected chi connectivity index (χ2v) is 8.09. The van der Waals surface area contributed by atoms with Gasteiger partial charge in [-0.2, -0.15) is 0 Å². The maximum atomic E-state index is 12.6. The third-order valence-electron chi connectivity index (χ3n) is 4.09. The van der Waals surface area contributed by atoms with E-state index in [0.717, 1.165) is 16.6 Å². The molecule has 0 aliphatic rings. The van der Waals surface area contributed by atoms with Crippen LogP contribution in [0.5, 0.6) is 0 Å². The number of hydrogen-bond acceptors (Lipinski definition) is 4. The van der Waals surface area contributed by atoms with Crippen LogP contribution in [-0.4, -0.2) is 25.8 Å². The van der Waals surface area contributed by atoms with Crippen LogP contribution in [0.1, 0.15) is 6.92 Å². The van der Waals surface area contributed by atoms with Crippen molar-refractivity contribution in [1.29, 1.82) is 0 Å². The molecule has 2 aromatic heterocycles. The fourth-order valence-corrected chi connectivity index (χ4v) is 3.93. The number of halogens is 2. The summed E-state index contributed by atoms with van der Waals surface area (Å²) in [5, 5.41) is 13.5. The minimum Gasteiger partial charge on any atom is -0.324 e. The van der Waals surface area contributed by atoms with Crippen molar-refractivity contribution in [3.05, 3.63) is 64.6 Å². The number of carbonyl (C=O) groups is 1. The number of rotatable bonds is 4. The molecule has 27 heavy (non-hydrogen) atoms. The van der Waals surface area contributed by atoms with Crippen LogP contribution < -0.4 is 5.32 Å². The van der Waals surface area contributed by atoms with E-state index in [1.807, 2.05) is 47.7 Å². The second-order valence-electron chi connectivity index (χ2n) is 5.94. The number of benzene rings is 2. The van der Waals surface area contributed by atoms with Gasteiger partial charge in [-0.1, -0.05) is 53.2 Å². The summed E-state index contributed by atoms with van der Waals surface area (Å²) in [5.41, 5.74) is 2.22. The lowest BCUT2D eigenvalue weighted by atomic mass is 10.2. The van der Waals surface area contributed by atoms with E-state index in [4.69, 9.17) is 23.2 Å². The van der Waals surface area contributed by atoms with Gasteiger partial charge in [-0.3, -0.25) is 9.20 Å². The summed E-state index contributed by atoms with van der Waals surface area (Å²) in [4.78, 5) is 12.6. The fraction of sp³-hybridized carbons (Fsp3) is 0.105. The Kier molecular flexibility index (Phi) is 4.95. The van der Waals surface area contributed by atoms with Gasteiger partial charge in [0.15, 0.2) is 10.8 Å². The summed E-state index contributed by atoms with van der Waals surface area (Å²) in [5.74, 6) is -0.193. The SMILES string of the molecule is C[C@H](Sc1nnc2ccc3ccccc3n12)C(=O)Nc1cc(Cl)ccc1Cl. The van der Waals surface area contributed by atoms with Crippen molar-refractivity contribution in [3.8, 4) is 0 Å². The number of para-hydroxylation sites is 1. The highest BCUT2D eigenvalue weighted by atomic mass is 35.5. The van der Waals surface area contributed by atoms with Crippen LogP contribution in [0, 0.1) is 0 Å². The molecule has 4 aromatic rings. The fourth-order valence-electron chi connectivity index (χ4n) is 2.73. The van der Waals surface area contributed by atoms with Gasteiger partial charge in [0.05, 0.1) is 21.5 Å². The van der Waals surface area contributed by atoms with Crippen molar-refractivity contribution in [3.63, 3.8) is 0 Å². The van der Waals surface area contributed by atoms with Crippen molar-refractivity contribution < 1.29 is 4.79 Å². The monoisotopic (exact) mass is 416 g/mol. The zero-order valence-electron chi connectivity index (χ0n) is 14.2. The van der Waals surface area contributed by atoms with E-state index in [2.05, 4.69) is 15.5 Å². The molecule has 0 fully saturated rings. The Balaban J connectivity index is 1.61. The lowest BCUT2D eigenvalue weighted by Gasteiger charge is -2.13. The molecule has 2 aromatic carbocycles. The van der Waals surface area contributed by atoms with Crippen molar-refractivity contribution in [2.75, 3.05) is 5.32 Å². The number of aromatic nitrogens is 3. The topological polar surface area (TPSA) is 59.3 Å². The molecule has 0 saturated carbocycles. The molecule has 0 unspecified atom stereocenters. The molecule has 0 radical (unpaired) electrons. The Morgan fingerprint density at radius 3 is 2.78 bits per heavy atom. The predicted molar refractivity (Wildman–Crippen MR) is 111 cm³/mol. The highest BCUT2D eigenvalue weighted by Crippen LogP contribution is 2.29. The van der Waals surface area contributed by atoms with Gasteiger partial charge >= 0.3 is 0 Å². The average Bonchev–Trinajstić information content (AvgIpc) is 3.08. The normalized spacial score (nSPS) is 12.4. The number of hydrogen-bond donors (Lipinski definition) is 1.